The van der Waals surface area contributed by atoms with E-state index in [1.54, 1.807) is 18.6 Å². The number of pyridine rings is 1. The van der Waals surface area contributed by atoms with Gasteiger partial charge in [-0.25, -0.2) is 18.4 Å². The number of amides is 1. The number of ether oxygens (including phenoxy) is 1. The third-order valence-electron chi connectivity index (χ3n) is 6.72. The number of rotatable bonds is 9. The summed E-state index contributed by atoms with van der Waals surface area (Å²) in [5.41, 5.74) is 2.58. The molecule has 0 radical (unpaired) electrons. The first-order chi connectivity index (χ1) is 19.2. The van der Waals surface area contributed by atoms with Gasteiger partial charge in [0.1, 0.15) is 28.8 Å². The van der Waals surface area contributed by atoms with Crippen LogP contribution in [-0.2, 0) is 21.4 Å². The first-order valence-corrected chi connectivity index (χ1v) is 14.8. The summed E-state index contributed by atoms with van der Waals surface area (Å²) >= 11 is 13.1. The van der Waals surface area contributed by atoms with Gasteiger partial charge in [0.15, 0.2) is 0 Å². The van der Waals surface area contributed by atoms with Gasteiger partial charge < -0.3 is 19.7 Å². The third-order valence-corrected chi connectivity index (χ3v) is 9.57. The number of hydrogen-bond acceptors (Lipinski definition) is 7. The van der Waals surface area contributed by atoms with E-state index in [1.165, 1.54) is 12.1 Å². The molecule has 1 aliphatic heterocycles. The molecule has 10 nitrogen and oxygen atoms in total. The highest BCUT2D eigenvalue weighted by molar-refractivity contribution is 7.89. The maximum absolute atomic E-state index is 13.7. The smallest absolute Gasteiger partial charge is 0.245 e. The summed E-state index contributed by atoms with van der Waals surface area (Å²) in [6, 6.07) is 9.40. The molecule has 1 aliphatic rings. The number of aromatic nitrogens is 3. The second kappa shape index (κ2) is 11.7. The van der Waals surface area contributed by atoms with Gasteiger partial charge in [0, 0.05) is 47.1 Å². The molecule has 1 fully saturated rings. The fourth-order valence-corrected chi connectivity index (χ4v) is 7.35. The molecule has 2 N–H and O–H groups in total. The van der Waals surface area contributed by atoms with Gasteiger partial charge in [0.2, 0.25) is 15.9 Å². The van der Waals surface area contributed by atoms with Crippen LogP contribution in [0, 0.1) is 6.92 Å². The van der Waals surface area contributed by atoms with Crippen molar-refractivity contribution in [1.82, 2.24) is 24.2 Å². The van der Waals surface area contributed by atoms with E-state index in [4.69, 9.17) is 33.0 Å². The average Bonchev–Trinajstić information content (AvgIpc) is 3.64. The van der Waals surface area contributed by atoms with Gasteiger partial charge in [-0.3, -0.25) is 4.79 Å². The molecule has 1 amide bonds. The van der Waals surface area contributed by atoms with Crippen molar-refractivity contribution in [2.45, 2.75) is 37.3 Å². The Morgan fingerprint density at radius 3 is 2.83 bits per heavy atom. The van der Waals surface area contributed by atoms with Gasteiger partial charge in [-0.2, -0.15) is 4.31 Å². The number of sulfonamides is 1. The number of carbonyl (C=O) groups excluding carboxylic acids is 1. The minimum absolute atomic E-state index is 0.0404. The summed E-state index contributed by atoms with van der Waals surface area (Å²) < 4.78 is 36.5. The molecule has 4 aromatic rings. The number of fused-ring (bicyclic) bond motifs is 1. The van der Waals surface area contributed by atoms with E-state index < -0.39 is 22.0 Å². The van der Waals surface area contributed by atoms with Crippen LogP contribution in [0.2, 0.25) is 10.0 Å². The van der Waals surface area contributed by atoms with Crippen molar-refractivity contribution in [2.75, 3.05) is 19.7 Å². The summed E-state index contributed by atoms with van der Waals surface area (Å²) in [5.74, 6) is 0.0145. The first kappa shape index (κ1) is 28.3. The molecule has 0 saturated carbocycles. The Morgan fingerprint density at radius 2 is 2.08 bits per heavy atom. The van der Waals surface area contributed by atoms with Crippen LogP contribution in [-0.4, -0.2) is 64.0 Å². The zero-order chi connectivity index (χ0) is 28.4. The normalized spacial score (nSPS) is 15.9. The molecule has 1 saturated heterocycles. The number of nitrogens with zero attached hydrogens (tertiary/aromatic N) is 4. The average molecular weight is 605 g/mol. The van der Waals surface area contributed by atoms with Crippen molar-refractivity contribution in [3.8, 4) is 11.4 Å². The van der Waals surface area contributed by atoms with Gasteiger partial charge in [-0.15, -0.1) is 0 Å². The van der Waals surface area contributed by atoms with Gasteiger partial charge in [-0.05, 0) is 44.0 Å². The van der Waals surface area contributed by atoms with Crippen LogP contribution in [0.5, 0.6) is 5.75 Å². The van der Waals surface area contributed by atoms with Crippen molar-refractivity contribution in [3.63, 3.8) is 0 Å². The van der Waals surface area contributed by atoms with E-state index in [2.05, 4.69) is 15.3 Å². The van der Waals surface area contributed by atoms with Crippen molar-refractivity contribution in [1.29, 1.82) is 0 Å². The summed E-state index contributed by atoms with van der Waals surface area (Å²) in [5, 5.41) is 12.6. The first-order valence-electron chi connectivity index (χ1n) is 12.6. The maximum atomic E-state index is 13.7. The Morgan fingerprint density at radius 1 is 1.25 bits per heavy atom. The lowest BCUT2D eigenvalue weighted by Gasteiger charge is -2.24. The highest BCUT2D eigenvalue weighted by Crippen LogP contribution is 2.37. The molecular formula is C27H27Cl2N5O5S. The SMILES string of the molecule is Cc1cc(-n2ccnc2)c2cccc(OCc3c(Cl)ccc(S(=O)(=O)N4CCC[C@H]4C(=O)NCCO)c3Cl)c2n1. The van der Waals surface area contributed by atoms with Crippen molar-refractivity contribution < 1.29 is 23.1 Å². The Bertz CT molecular complexity index is 1660. The highest BCUT2D eigenvalue weighted by Gasteiger charge is 2.40. The summed E-state index contributed by atoms with van der Waals surface area (Å²) in [6.07, 6.45) is 6.13. The van der Waals surface area contributed by atoms with Crippen LogP contribution < -0.4 is 10.1 Å². The lowest BCUT2D eigenvalue weighted by Crippen LogP contribution is -2.46. The van der Waals surface area contributed by atoms with E-state index in [0.717, 1.165) is 21.1 Å². The molecular weight excluding hydrogens is 577 g/mol. The van der Waals surface area contributed by atoms with E-state index in [0.29, 0.717) is 29.7 Å². The molecule has 0 unspecified atom stereocenters. The number of carbonyl (C=O) groups is 1. The van der Waals surface area contributed by atoms with Crippen LogP contribution in [0.3, 0.4) is 0 Å². The van der Waals surface area contributed by atoms with E-state index >= 15 is 0 Å². The molecule has 13 heteroatoms. The van der Waals surface area contributed by atoms with Crippen molar-refractivity contribution >= 4 is 50.0 Å². The molecule has 2 aromatic carbocycles. The highest BCUT2D eigenvalue weighted by atomic mass is 35.5. The molecule has 40 heavy (non-hydrogen) atoms. The van der Waals surface area contributed by atoms with Gasteiger partial charge >= 0.3 is 0 Å². The van der Waals surface area contributed by atoms with Gasteiger partial charge in [0.05, 0.1) is 23.6 Å². The molecule has 0 aliphatic carbocycles. The minimum Gasteiger partial charge on any atom is -0.487 e. The summed E-state index contributed by atoms with van der Waals surface area (Å²) in [7, 11) is -4.14. The van der Waals surface area contributed by atoms with E-state index in [1.807, 2.05) is 35.9 Å². The predicted molar refractivity (Wildman–Crippen MR) is 151 cm³/mol. The number of hydrogen-bond donors (Lipinski definition) is 2. The zero-order valence-electron chi connectivity index (χ0n) is 21.5. The summed E-state index contributed by atoms with van der Waals surface area (Å²) in [6.45, 7) is 1.74. The number of halogens is 2. The van der Waals surface area contributed by atoms with E-state index in [-0.39, 0.29) is 41.2 Å². The van der Waals surface area contributed by atoms with Crippen LogP contribution in [0.25, 0.3) is 16.6 Å². The molecule has 210 valence electrons. The largest absolute Gasteiger partial charge is 0.487 e. The molecule has 0 spiro atoms. The van der Waals surface area contributed by atoms with E-state index in [9.17, 15) is 13.2 Å². The number of imidazole rings is 1. The predicted octanol–water partition coefficient (Wildman–Crippen LogP) is 3.88. The van der Waals surface area contributed by atoms with Crippen LogP contribution in [0.4, 0.5) is 0 Å². The second-order valence-electron chi connectivity index (χ2n) is 9.32. The minimum atomic E-state index is -4.14. The third kappa shape index (κ3) is 5.39. The monoisotopic (exact) mass is 603 g/mol. The van der Waals surface area contributed by atoms with Gasteiger partial charge in [-0.1, -0.05) is 35.3 Å². The lowest BCUT2D eigenvalue weighted by atomic mass is 10.1. The number of aliphatic hydroxyl groups is 1. The lowest BCUT2D eigenvalue weighted by molar-refractivity contribution is -0.124. The topological polar surface area (TPSA) is 127 Å². The fraction of sp³-hybridized carbons (Fsp3) is 0.296. The number of aryl methyl sites for hydroxylation is 1. The Labute approximate surface area is 241 Å². The quantitative estimate of drug-likeness (QED) is 0.297. The molecule has 2 aromatic heterocycles. The summed E-state index contributed by atoms with van der Waals surface area (Å²) in [4.78, 5) is 21.2. The molecule has 5 rings (SSSR count). The number of nitrogens with one attached hydrogen (secondary N) is 1. The number of benzene rings is 2. The zero-order valence-corrected chi connectivity index (χ0v) is 23.9. The number of aliphatic hydroxyl groups excluding tert-OH is 1. The van der Waals surface area contributed by atoms with Crippen LogP contribution in [0.1, 0.15) is 24.1 Å². The standard InChI is InChI=1S/C27H27Cl2N5O5S/c1-17-14-22(33-12-9-30-16-33)18-4-2-6-23(26(18)32-17)39-15-19-20(28)7-8-24(25(19)29)40(37,38)34-11-3-5-21(34)27(36)31-10-13-35/h2,4,6-9,12,14,16,21,35H,3,5,10-11,13,15H2,1H3,(H,31,36)/t21-/m0/s1. The Hall–Kier alpha value is -3.22. The van der Waals surface area contributed by atoms with Gasteiger partial charge in [0.25, 0.3) is 0 Å². The van der Waals surface area contributed by atoms with Crippen molar-refractivity contribution in [2.24, 2.45) is 0 Å². The Kier molecular flexibility index (Phi) is 8.29. The molecule has 1 atom stereocenters. The van der Waals surface area contributed by atoms with Crippen LogP contribution >= 0.6 is 23.2 Å². The molecule has 0 bridgehead atoms. The van der Waals surface area contributed by atoms with Crippen molar-refractivity contribution in [3.05, 3.63) is 76.4 Å². The van der Waals surface area contributed by atoms with Crippen LogP contribution in [0.15, 0.2) is 60.0 Å². The molecule has 3 heterocycles. The maximum Gasteiger partial charge on any atom is 0.245 e. The number of para-hydroxylation sites is 1. The Balaban J connectivity index is 1.46. The fourth-order valence-electron chi connectivity index (χ4n) is 4.83. The second-order valence-corrected chi connectivity index (χ2v) is 12.0.